The van der Waals surface area contributed by atoms with Crippen molar-refractivity contribution in [2.45, 2.75) is 32.5 Å². The normalized spacial score (nSPS) is 17.3. The van der Waals surface area contributed by atoms with Crippen molar-refractivity contribution >= 4 is 29.3 Å². The highest BCUT2D eigenvalue weighted by Crippen LogP contribution is 2.35. The van der Waals surface area contributed by atoms with Crippen molar-refractivity contribution in [2.75, 3.05) is 10.6 Å². The molecule has 3 aromatic carbocycles. The molecule has 0 bridgehead atoms. The van der Waals surface area contributed by atoms with Crippen LogP contribution in [0.4, 0.5) is 20.6 Å². The van der Waals surface area contributed by atoms with Gasteiger partial charge in [-0.1, -0.05) is 62.4 Å². The second kappa shape index (κ2) is 10.4. The molecule has 0 saturated carbocycles. The first-order valence-electron chi connectivity index (χ1n) is 11.3. The molecule has 3 aromatic rings. The topological polar surface area (TPSA) is 87.7 Å². The molecule has 0 spiro atoms. The Balaban J connectivity index is 1.62. The van der Waals surface area contributed by atoms with Gasteiger partial charge in [-0.2, -0.15) is 0 Å². The average molecular weight is 476 g/mol. The van der Waals surface area contributed by atoms with Gasteiger partial charge in [0.05, 0.1) is 6.54 Å². The third-order valence-corrected chi connectivity index (χ3v) is 5.67. The van der Waals surface area contributed by atoms with Gasteiger partial charge in [0.2, 0.25) is 5.91 Å². The number of benzene rings is 3. The second-order valence-corrected chi connectivity index (χ2v) is 8.63. The molecule has 180 valence electrons. The standard InChI is InChI=1S/C27H26FN3O4/c1-17(2)25(32)29-21-13-11-19(12-14-21)24-23(26(33)30-22-10-6-9-20(28)15-22)31(27(34)35-24)16-18-7-4-3-5-8-18/h3-15,17,23-24H,16H2,1-2H3,(H,29,32)(H,30,33)/t23-,24+/m0/s1. The molecule has 1 aliphatic heterocycles. The Bertz CT molecular complexity index is 1210. The van der Waals surface area contributed by atoms with Crippen molar-refractivity contribution < 1.29 is 23.5 Å². The fourth-order valence-corrected chi connectivity index (χ4v) is 3.82. The average Bonchev–Trinajstić information content (AvgIpc) is 3.16. The number of rotatable bonds is 7. The Kier molecular flexibility index (Phi) is 7.10. The predicted molar refractivity (Wildman–Crippen MR) is 130 cm³/mol. The Labute approximate surface area is 202 Å². The molecular formula is C27H26FN3O4. The molecule has 1 fully saturated rings. The summed E-state index contributed by atoms with van der Waals surface area (Å²) in [5.74, 6) is -1.28. The molecule has 8 heteroatoms. The fraction of sp³-hybridized carbons (Fsp3) is 0.222. The minimum Gasteiger partial charge on any atom is -0.438 e. The Morgan fingerprint density at radius 2 is 1.66 bits per heavy atom. The maximum Gasteiger partial charge on any atom is 0.411 e. The lowest BCUT2D eigenvalue weighted by Crippen LogP contribution is -2.43. The van der Waals surface area contributed by atoms with Gasteiger partial charge < -0.3 is 15.4 Å². The highest BCUT2D eigenvalue weighted by Gasteiger charge is 2.47. The number of nitrogens with zero attached hydrogens (tertiary/aromatic N) is 1. The molecule has 0 radical (unpaired) electrons. The first kappa shape index (κ1) is 23.9. The van der Waals surface area contributed by atoms with Gasteiger partial charge in [0, 0.05) is 17.3 Å². The maximum absolute atomic E-state index is 13.7. The summed E-state index contributed by atoms with van der Waals surface area (Å²) in [4.78, 5) is 39.6. The third kappa shape index (κ3) is 5.66. The summed E-state index contributed by atoms with van der Waals surface area (Å²) in [5, 5.41) is 5.51. The molecule has 35 heavy (non-hydrogen) atoms. The lowest BCUT2D eigenvalue weighted by Gasteiger charge is -2.24. The molecule has 1 heterocycles. The summed E-state index contributed by atoms with van der Waals surface area (Å²) in [6, 6.07) is 20.6. The third-order valence-electron chi connectivity index (χ3n) is 5.67. The first-order chi connectivity index (χ1) is 16.8. The number of anilines is 2. The van der Waals surface area contributed by atoms with Gasteiger partial charge in [-0.05, 0) is 41.5 Å². The van der Waals surface area contributed by atoms with Crippen molar-refractivity contribution in [3.05, 3.63) is 95.8 Å². The van der Waals surface area contributed by atoms with E-state index in [1.807, 2.05) is 30.3 Å². The highest BCUT2D eigenvalue weighted by atomic mass is 19.1. The molecule has 0 unspecified atom stereocenters. The second-order valence-electron chi connectivity index (χ2n) is 8.63. The van der Waals surface area contributed by atoms with E-state index >= 15 is 0 Å². The maximum atomic E-state index is 13.7. The van der Waals surface area contributed by atoms with Gasteiger partial charge >= 0.3 is 6.09 Å². The van der Waals surface area contributed by atoms with Gasteiger partial charge in [-0.15, -0.1) is 0 Å². The number of hydrogen-bond donors (Lipinski definition) is 2. The van der Waals surface area contributed by atoms with Crippen LogP contribution in [-0.2, 0) is 20.9 Å². The van der Waals surface area contributed by atoms with Crippen molar-refractivity contribution in [3.8, 4) is 0 Å². The summed E-state index contributed by atoms with van der Waals surface area (Å²) >= 11 is 0. The van der Waals surface area contributed by atoms with Crippen LogP contribution in [0.2, 0.25) is 0 Å². The lowest BCUT2D eigenvalue weighted by molar-refractivity contribution is -0.121. The van der Waals surface area contributed by atoms with Crippen LogP contribution in [0.5, 0.6) is 0 Å². The van der Waals surface area contributed by atoms with Crippen LogP contribution in [0.25, 0.3) is 0 Å². The monoisotopic (exact) mass is 475 g/mol. The number of ether oxygens (including phenoxy) is 1. The smallest absolute Gasteiger partial charge is 0.411 e. The van der Waals surface area contributed by atoms with Crippen LogP contribution in [-0.4, -0.2) is 28.8 Å². The molecule has 1 aliphatic rings. The van der Waals surface area contributed by atoms with Gasteiger partial charge in [-0.25, -0.2) is 9.18 Å². The number of halogens is 1. The molecule has 7 nitrogen and oxygen atoms in total. The van der Waals surface area contributed by atoms with Crippen LogP contribution in [0.3, 0.4) is 0 Å². The molecule has 2 atom stereocenters. The van der Waals surface area contributed by atoms with Crippen LogP contribution in [0.1, 0.15) is 31.1 Å². The minimum absolute atomic E-state index is 0.119. The zero-order chi connectivity index (χ0) is 24.9. The van der Waals surface area contributed by atoms with Crippen LogP contribution < -0.4 is 10.6 Å². The van der Waals surface area contributed by atoms with Crippen molar-refractivity contribution in [1.29, 1.82) is 0 Å². The number of carbonyl (C=O) groups excluding carboxylic acids is 3. The Morgan fingerprint density at radius 1 is 0.943 bits per heavy atom. The number of amides is 3. The van der Waals surface area contributed by atoms with E-state index in [1.165, 1.54) is 23.1 Å². The molecule has 2 N–H and O–H groups in total. The summed E-state index contributed by atoms with van der Waals surface area (Å²) in [6.07, 6.45) is -1.52. The summed E-state index contributed by atoms with van der Waals surface area (Å²) in [6.45, 7) is 3.76. The van der Waals surface area contributed by atoms with E-state index < -0.39 is 30.0 Å². The molecule has 1 saturated heterocycles. The predicted octanol–water partition coefficient (Wildman–Crippen LogP) is 5.12. The number of hydrogen-bond acceptors (Lipinski definition) is 4. The molecule has 0 aromatic heterocycles. The zero-order valence-electron chi connectivity index (χ0n) is 19.4. The Morgan fingerprint density at radius 3 is 2.31 bits per heavy atom. The zero-order valence-corrected chi connectivity index (χ0v) is 19.4. The van der Waals surface area contributed by atoms with Gasteiger partial charge in [-0.3, -0.25) is 14.5 Å². The van der Waals surface area contributed by atoms with E-state index in [0.717, 1.165) is 5.56 Å². The van der Waals surface area contributed by atoms with Gasteiger partial charge in [0.25, 0.3) is 5.91 Å². The number of cyclic esters (lactones) is 1. The van der Waals surface area contributed by atoms with Gasteiger partial charge in [0.15, 0.2) is 12.1 Å². The Hall–Kier alpha value is -4.20. The summed E-state index contributed by atoms with van der Waals surface area (Å²) in [5.41, 5.74) is 2.30. The van der Waals surface area contributed by atoms with Crippen LogP contribution in [0.15, 0.2) is 78.9 Å². The van der Waals surface area contributed by atoms with Crippen LogP contribution >= 0.6 is 0 Å². The van der Waals surface area contributed by atoms with E-state index in [1.54, 1.807) is 44.2 Å². The first-order valence-corrected chi connectivity index (χ1v) is 11.3. The van der Waals surface area contributed by atoms with E-state index in [9.17, 15) is 18.8 Å². The number of carbonyl (C=O) groups is 3. The molecule has 3 amide bonds. The molecule has 0 aliphatic carbocycles. The van der Waals surface area contributed by atoms with E-state index in [4.69, 9.17) is 4.74 Å². The van der Waals surface area contributed by atoms with Gasteiger partial charge in [0.1, 0.15) is 5.82 Å². The quantitative estimate of drug-likeness (QED) is 0.497. The lowest BCUT2D eigenvalue weighted by atomic mass is 10.00. The largest absolute Gasteiger partial charge is 0.438 e. The van der Waals surface area contributed by atoms with Crippen molar-refractivity contribution in [2.24, 2.45) is 5.92 Å². The van der Waals surface area contributed by atoms with Crippen molar-refractivity contribution in [1.82, 2.24) is 4.90 Å². The molecular weight excluding hydrogens is 449 g/mol. The minimum atomic E-state index is -0.998. The number of nitrogens with one attached hydrogen (secondary N) is 2. The molecule has 4 rings (SSSR count). The van der Waals surface area contributed by atoms with Crippen molar-refractivity contribution in [3.63, 3.8) is 0 Å². The fourth-order valence-electron chi connectivity index (χ4n) is 3.82. The van der Waals surface area contributed by atoms with E-state index in [0.29, 0.717) is 11.3 Å². The summed E-state index contributed by atoms with van der Waals surface area (Å²) in [7, 11) is 0. The highest BCUT2D eigenvalue weighted by molar-refractivity contribution is 5.98. The summed E-state index contributed by atoms with van der Waals surface area (Å²) < 4.78 is 19.3. The van der Waals surface area contributed by atoms with E-state index in [2.05, 4.69) is 10.6 Å². The van der Waals surface area contributed by atoms with E-state index in [-0.39, 0.29) is 24.1 Å². The van der Waals surface area contributed by atoms with Crippen LogP contribution in [0, 0.1) is 11.7 Å². The SMILES string of the molecule is CC(C)C(=O)Nc1ccc([C@H]2OC(=O)N(Cc3ccccc3)[C@@H]2C(=O)Nc2cccc(F)c2)cc1.